The molecule has 4 rings (SSSR count). The highest BCUT2D eigenvalue weighted by atomic mass is 35.5. The molecule has 0 spiro atoms. The van der Waals surface area contributed by atoms with Crippen LogP contribution in [0.1, 0.15) is 34.1 Å². The van der Waals surface area contributed by atoms with E-state index < -0.39 is 0 Å². The maximum absolute atomic E-state index is 6.64. The van der Waals surface area contributed by atoms with E-state index in [9.17, 15) is 0 Å². The summed E-state index contributed by atoms with van der Waals surface area (Å²) in [4.78, 5) is 4.54. The summed E-state index contributed by atoms with van der Waals surface area (Å²) in [5, 5.41) is 1.48. The lowest BCUT2D eigenvalue weighted by Crippen LogP contribution is -2.42. The molecule has 0 heterocycles. The third-order valence-electron chi connectivity index (χ3n) is 7.45. The summed E-state index contributed by atoms with van der Waals surface area (Å²) in [7, 11) is 8.52. The van der Waals surface area contributed by atoms with Gasteiger partial charge in [-0.25, -0.2) is 0 Å². The Hall–Kier alpha value is -2.66. The second-order valence-electron chi connectivity index (χ2n) is 10.5. The van der Waals surface area contributed by atoms with Crippen LogP contribution < -0.4 is 0 Å². The van der Waals surface area contributed by atoms with E-state index in [1.165, 1.54) is 22.3 Å². The average Bonchev–Trinajstić information content (AvgIpc) is 2.94. The Morgan fingerprint density at radius 2 is 0.795 bits per heavy atom. The van der Waals surface area contributed by atoms with Crippen molar-refractivity contribution in [1.29, 1.82) is 0 Å². The van der Waals surface area contributed by atoms with Gasteiger partial charge in [0.2, 0.25) is 0 Å². The minimum absolute atomic E-state index is 0.127. The Balaban J connectivity index is 1.61. The molecule has 0 amide bonds. The lowest BCUT2D eigenvalue weighted by molar-refractivity contribution is 0.0361. The van der Waals surface area contributed by atoms with Crippen molar-refractivity contribution in [3.05, 3.63) is 141 Å². The van der Waals surface area contributed by atoms with E-state index in [0.29, 0.717) is 13.2 Å². The van der Waals surface area contributed by atoms with Gasteiger partial charge >= 0.3 is 0 Å². The Morgan fingerprint density at radius 1 is 0.487 bits per heavy atom. The quantitative estimate of drug-likeness (QED) is 0.175. The first-order valence-electron chi connectivity index (χ1n) is 13.4. The first-order valence-corrected chi connectivity index (χ1v) is 14.1. The Bertz CT molecular complexity index is 1160. The maximum Gasteiger partial charge on any atom is 0.0631 e. The molecule has 0 radical (unpaired) electrons. The van der Waals surface area contributed by atoms with Crippen LogP contribution in [0.25, 0.3) is 0 Å². The van der Waals surface area contributed by atoms with Gasteiger partial charge in [-0.1, -0.05) is 108 Å². The van der Waals surface area contributed by atoms with Crippen molar-refractivity contribution in [2.75, 3.05) is 41.4 Å². The maximum atomic E-state index is 6.64. The summed E-state index contributed by atoms with van der Waals surface area (Å²) < 4.78 is 6.64. The van der Waals surface area contributed by atoms with E-state index in [1.807, 2.05) is 24.3 Å². The minimum atomic E-state index is 0.127. The smallest absolute Gasteiger partial charge is 0.0631 e. The zero-order chi connectivity index (χ0) is 27.8. The zero-order valence-corrected chi connectivity index (χ0v) is 24.7. The van der Waals surface area contributed by atoms with Gasteiger partial charge in [-0.15, -0.1) is 0 Å². The molecule has 0 fully saturated rings. The van der Waals surface area contributed by atoms with Gasteiger partial charge in [-0.05, 0) is 74.7 Å². The minimum Gasteiger partial charge on any atom is -0.378 e. The number of ether oxygens (including phenoxy) is 1. The van der Waals surface area contributed by atoms with Crippen LogP contribution >= 0.6 is 23.2 Å². The zero-order valence-electron chi connectivity index (χ0n) is 23.2. The van der Waals surface area contributed by atoms with Crippen LogP contribution in [0.4, 0.5) is 0 Å². The van der Waals surface area contributed by atoms with Gasteiger partial charge in [0.05, 0.1) is 13.2 Å². The SMILES string of the molecule is CN(C)C(COCC(C(c1ccccc1)c1ccc(Cl)cc1)N(C)C)C(c1ccccc1)c1ccc(Cl)cc1. The summed E-state index contributed by atoms with van der Waals surface area (Å²) in [5.74, 6) is 0.273. The van der Waals surface area contributed by atoms with Gasteiger partial charge in [0, 0.05) is 34.0 Å². The molecule has 0 aromatic heterocycles. The molecule has 39 heavy (non-hydrogen) atoms. The molecule has 0 aliphatic rings. The van der Waals surface area contributed by atoms with E-state index in [1.54, 1.807) is 0 Å². The number of hydrogen-bond donors (Lipinski definition) is 0. The normalized spacial score (nSPS) is 14.8. The molecule has 0 aliphatic carbocycles. The predicted octanol–water partition coefficient (Wildman–Crippen LogP) is 7.83. The first kappa shape index (κ1) is 29.3. The second kappa shape index (κ2) is 14.1. The highest BCUT2D eigenvalue weighted by Gasteiger charge is 2.30. The first-order chi connectivity index (χ1) is 18.8. The monoisotopic (exact) mass is 560 g/mol. The molecule has 5 heteroatoms. The Labute approximate surface area is 243 Å². The number of rotatable bonds is 12. The van der Waals surface area contributed by atoms with Crippen molar-refractivity contribution in [3.8, 4) is 0 Å². The van der Waals surface area contributed by atoms with Crippen molar-refractivity contribution < 1.29 is 4.74 Å². The molecule has 0 bridgehead atoms. The lowest BCUT2D eigenvalue weighted by Gasteiger charge is -2.36. The third kappa shape index (κ3) is 7.72. The standard InChI is InChI=1S/C34H38Cl2N2O/c1-37(2)31(33(25-11-7-5-8-12-25)27-15-19-29(35)20-16-27)23-39-24-32(38(3)4)34(26-13-9-6-10-14-26)28-17-21-30(36)22-18-28/h5-22,31-34H,23-24H2,1-4H3. The van der Waals surface area contributed by atoms with E-state index >= 15 is 0 Å². The molecule has 204 valence electrons. The number of hydrogen-bond acceptors (Lipinski definition) is 3. The van der Waals surface area contributed by atoms with E-state index in [4.69, 9.17) is 27.9 Å². The average molecular weight is 562 g/mol. The third-order valence-corrected chi connectivity index (χ3v) is 7.95. The van der Waals surface area contributed by atoms with Crippen LogP contribution in [0.5, 0.6) is 0 Å². The van der Waals surface area contributed by atoms with Gasteiger partial charge in [0.15, 0.2) is 0 Å². The Morgan fingerprint density at radius 3 is 1.10 bits per heavy atom. The van der Waals surface area contributed by atoms with Crippen LogP contribution in [0, 0.1) is 0 Å². The molecule has 0 saturated heterocycles. The summed E-state index contributed by atoms with van der Waals surface area (Å²) in [6.07, 6.45) is 0. The molecule has 4 unspecified atom stereocenters. The van der Waals surface area contributed by atoms with Crippen molar-refractivity contribution in [2.24, 2.45) is 0 Å². The van der Waals surface area contributed by atoms with Crippen LogP contribution in [0.15, 0.2) is 109 Å². The van der Waals surface area contributed by atoms with Crippen molar-refractivity contribution >= 4 is 23.2 Å². The highest BCUT2D eigenvalue weighted by molar-refractivity contribution is 6.30. The second-order valence-corrected chi connectivity index (χ2v) is 11.4. The fourth-order valence-corrected chi connectivity index (χ4v) is 5.58. The van der Waals surface area contributed by atoms with E-state index in [0.717, 1.165) is 10.0 Å². The summed E-state index contributed by atoms with van der Waals surface area (Å²) in [6, 6.07) is 38.0. The molecule has 4 atom stereocenters. The fraction of sp³-hybridized carbons (Fsp3) is 0.294. The molecular formula is C34H38Cl2N2O. The van der Waals surface area contributed by atoms with Gasteiger partial charge in [0.25, 0.3) is 0 Å². The molecule has 0 N–H and O–H groups in total. The van der Waals surface area contributed by atoms with Gasteiger partial charge in [-0.3, -0.25) is 0 Å². The summed E-state index contributed by atoms with van der Waals surface area (Å²) >= 11 is 12.5. The number of nitrogens with zero attached hydrogens (tertiary/aromatic N) is 2. The largest absolute Gasteiger partial charge is 0.378 e. The predicted molar refractivity (Wildman–Crippen MR) is 165 cm³/mol. The van der Waals surface area contributed by atoms with E-state index in [2.05, 4.69) is 123 Å². The Kier molecular flexibility index (Phi) is 10.6. The van der Waals surface area contributed by atoms with Gasteiger partial charge in [-0.2, -0.15) is 0 Å². The van der Waals surface area contributed by atoms with Gasteiger partial charge < -0.3 is 14.5 Å². The topological polar surface area (TPSA) is 15.7 Å². The van der Waals surface area contributed by atoms with Crippen LogP contribution in [-0.2, 0) is 4.74 Å². The summed E-state index contributed by atoms with van der Waals surface area (Å²) in [6.45, 7) is 1.17. The lowest BCUT2D eigenvalue weighted by atomic mass is 9.84. The molecule has 4 aromatic carbocycles. The van der Waals surface area contributed by atoms with Crippen LogP contribution in [0.3, 0.4) is 0 Å². The van der Waals surface area contributed by atoms with Crippen molar-refractivity contribution in [3.63, 3.8) is 0 Å². The molecular weight excluding hydrogens is 523 g/mol. The summed E-state index contributed by atoms with van der Waals surface area (Å²) in [5.41, 5.74) is 4.96. The van der Waals surface area contributed by atoms with Crippen molar-refractivity contribution in [2.45, 2.75) is 23.9 Å². The molecule has 0 aliphatic heterocycles. The fourth-order valence-electron chi connectivity index (χ4n) is 5.33. The molecule has 4 aromatic rings. The van der Waals surface area contributed by atoms with Crippen LogP contribution in [-0.4, -0.2) is 63.3 Å². The highest BCUT2D eigenvalue weighted by Crippen LogP contribution is 2.33. The van der Waals surface area contributed by atoms with E-state index in [-0.39, 0.29) is 23.9 Å². The number of likely N-dealkylation sites (N-methyl/N-ethyl adjacent to an activating group) is 2. The molecule has 0 saturated carbocycles. The van der Waals surface area contributed by atoms with Crippen LogP contribution in [0.2, 0.25) is 10.0 Å². The van der Waals surface area contributed by atoms with Gasteiger partial charge in [0.1, 0.15) is 0 Å². The number of benzene rings is 4. The molecule has 3 nitrogen and oxygen atoms in total. The number of halogens is 2. The van der Waals surface area contributed by atoms with Crippen molar-refractivity contribution in [1.82, 2.24) is 9.80 Å².